The zero-order chi connectivity index (χ0) is 18.6. The van der Waals surface area contributed by atoms with Gasteiger partial charge in [-0.2, -0.15) is 5.10 Å². The molecule has 2 heterocycles. The first-order chi connectivity index (χ1) is 13.2. The third-order valence-electron chi connectivity index (χ3n) is 4.63. The van der Waals surface area contributed by atoms with Crippen molar-refractivity contribution in [1.82, 2.24) is 10.2 Å². The molecule has 2 aromatic carbocycles. The Hall–Kier alpha value is -3.19. The molecule has 3 aromatic rings. The first-order valence-electron chi connectivity index (χ1n) is 8.89. The van der Waals surface area contributed by atoms with Crippen LogP contribution in [0.1, 0.15) is 5.69 Å². The van der Waals surface area contributed by atoms with Gasteiger partial charge in [0.2, 0.25) is 5.91 Å². The van der Waals surface area contributed by atoms with Gasteiger partial charge in [-0.15, -0.1) is 0 Å². The minimum atomic E-state index is -0.256. The van der Waals surface area contributed by atoms with Crippen molar-refractivity contribution < 1.29 is 9.53 Å². The lowest BCUT2D eigenvalue weighted by atomic mass is 10.1. The molecule has 0 aliphatic carbocycles. The third-order valence-corrected chi connectivity index (χ3v) is 4.63. The van der Waals surface area contributed by atoms with E-state index in [1.807, 2.05) is 30.3 Å². The smallest absolute Gasteiger partial charge is 0.272 e. The van der Waals surface area contributed by atoms with Gasteiger partial charge in [0.1, 0.15) is 0 Å². The number of anilines is 2. The van der Waals surface area contributed by atoms with Crippen molar-refractivity contribution in [2.24, 2.45) is 0 Å². The standard InChI is InChI=1S/C20H20N4O3/c25-19(13-18-16-3-1-2-4-17(16)20(26)23-22-18)21-14-5-7-15(8-6-14)24-9-11-27-12-10-24/h1-8H,9-13H2,(H,21,25)(H,23,26). The number of hydrogen-bond donors (Lipinski definition) is 2. The Balaban J connectivity index is 1.45. The van der Waals surface area contributed by atoms with E-state index in [2.05, 4.69) is 20.4 Å². The van der Waals surface area contributed by atoms with Crippen LogP contribution in [0.15, 0.2) is 53.3 Å². The van der Waals surface area contributed by atoms with Crippen LogP contribution >= 0.6 is 0 Å². The van der Waals surface area contributed by atoms with Gasteiger partial charge in [-0.1, -0.05) is 18.2 Å². The van der Waals surface area contributed by atoms with Crippen molar-refractivity contribution in [3.05, 3.63) is 64.6 Å². The second kappa shape index (κ2) is 7.59. The lowest BCUT2D eigenvalue weighted by Crippen LogP contribution is -2.36. The molecule has 1 amide bonds. The fourth-order valence-corrected chi connectivity index (χ4v) is 3.24. The van der Waals surface area contributed by atoms with Crippen LogP contribution in [0.3, 0.4) is 0 Å². The van der Waals surface area contributed by atoms with Gasteiger partial charge >= 0.3 is 0 Å². The van der Waals surface area contributed by atoms with E-state index in [0.717, 1.165) is 37.7 Å². The monoisotopic (exact) mass is 364 g/mol. The average molecular weight is 364 g/mol. The van der Waals surface area contributed by atoms with Crippen molar-refractivity contribution in [2.75, 3.05) is 36.5 Å². The van der Waals surface area contributed by atoms with Crippen molar-refractivity contribution in [1.29, 1.82) is 0 Å². The first-order valence-corrected chi connectivity index (χ1v) is 8.89. The van der Waals surface area contributed by atoms with Crippen molar-refractivity contribution in [2.45, 2.75) is 6.42 Å². The number of ether oxygens (including phenoxy) is 1. The van der Waals surface area contributed by atoms with Crippen molar-refractivity contribution in [3.63, 3.8) is 0 Å². The fourth-order valence-electron chi connectivity index (χ4n) is 3.24. The molecule has 1 aliphatic heterocycles. The maximum atomic E-state index is 12.4. The van der Waals surface area contributed by atoms with Gasteiger partial charge < -0.3 is 15.0 Å². The summed E-state index contributed by atoms with van der Waals surface area (Å²) in [5.41, 5.74) is 2.14. The molecule has 0 saturated carbocycles. The second-order valence-electron chi connectivity index (χ2n) is 6.42. The zero-order valence-electron chi connectivity index (χ0n) is 14.8. The number of amides is 1. The number of rotatable bonds is 4. The molecule has 138 valence electrons. The minimum absolute atomic E-state index is 0.0858. The Morgan fingerprint density at radius 3 is 2.52 bits per heavy atom. The summed E-state index contributed by atoms with van der Waals surface area (Å²) in [5.74, 6) is -0.182. The van der Waals surface area contributed by atoms with Gasteiger partial charge in [0.25, 0.3) is 5.56 Å². The molecule has 0 unspecified atom stereocenters. The van der Waals surface area contributed by atoms with Crippen LogP contribution in [0.25, 0.3) is 10.8 Å². The van der Waals surface area contributed by atoms with E-state index in [-0.39, 0.29) is 17.9 Å². The highest BCUT2D eigenvalue weighted by atomic mass is 16.5. The number of fused-ring (bicyclic) bond motifs is 1. The summed E-state index contributed by atoms with van der Waals surface area (Å²) in [4.78, 5) is 26.5. The summed E-state index contributed by atoms with van der Waals surface area (Å²) >= 11 is 0. The van der Waals surface area contributed by atoms with Gasteiger partial charge in [0.05, 0.1) is 30.7 Å². The van der Waals surface area contributed by atoms with Crippen LogP contribution in [0, 0.1) is 0 Å². The number of aromatic nitrogens is 2. The van der Waals surface area contributed by atoms with Gasteiger partial charge in [-0.05, 0) is 30.3 Å². The Morgan fingerprint density at radius 2 is 1.78 bits per heavy atom. The molecule has 4 rings (SSSR count). The number of benzene rings is 2. The summed E-state index contributed by atoms with van der Waals surface area (Å²) in [7, 11) is 0. The van der Waals surface area contributed by atoms with Gasteiger partial charge in [0, 0.05) is 29.9 Å². The lowest BCUT2D eigenvalue weighted by molar-refractivity contribution is -0.115. The van der Waals surface area contributed by atoms with Crippen LogP contribution in [0.2, 0.25) is 0 Å². The Morgan fingerprint density at radius 1 is 1.07 bits per heavy atom. The normalized spacial score (nSPS) is 14.3. The lowest BCUT2D eigenvalue weighted by Gasteiger charge is -2.28. The molecule has 1 aromatic heterocycles. The van der Waals surface area contributed by atoms with E-state index in [4.69, 9.17) is 4.74 Å². The van der Waals surface area contributed by atoms with E-state index in [1.165, 1.54) is 0 Å². The number of nitrogens with zero attached hydrogens (tertiary/aromatic N) is 2. The topological polar surface area (TPSA) is 87.3 Å². The van der Waals surface area contributed by atoms with E-state index < -0.39 is 0 Å². The second-order valence-corrected chi connectivity index (χ2v) is 6.42. The Bertz CT molecular complexity index is 1010. The number of aromatic amines is 1. The maximum Gasteiger partial charge on any atom is 0.272 e. The highest BCUT2D eigenvalue weighted by Crippen LogP contribution is 2.19. The Kier molecular flexibility index (Phi) is 4.84. The van der Waals surface area contributed by atoms with Crippen LogP contribution in [-0.2, 0) is 16.0 Å². The molecule has 1 fully saturated rings. The summed E-state index contributed by atoms with van der Waals surface area (Å²) in [6, 6.07) is 14.9. The van der Waals surface area contributed by atoms with Gasteiger partial charge in [-0.25, -0.2) is 5.10 Å². The molecule has 7 heteroatoms. The molecule has 0 radical (unpaired) electrons. The number of hydrogen-bond acceptors (Lipinski definition) is 5. The van der Waals surface area contributed by atoms with E-state index in [0.29, 0.717) is 16.5 Å². The van der Waals surface area contributed by atoms with Gasteiger partial charge in [0.15, 0.2) is 0 Å². The van der Waals surface area contributed by atoms with Gasteiger partial charge in [-0.3, -0.25) is 9.59 Å². The highest BCUT2D eigenvalue weighted by molar-refractivity contribution is 5.95. The largest absolute Gasteiger partial charge is 0.378 e. The number of carbonyl (C=O) groups excluding carboxylic acids is 1. The zero-order valence-corrected chi connectivity index (χ0v) is 14.8. The van der Waals surface area contributed by atoms with Crippen molar-refractivity contribution >= 4 is 28.1 Å². The molecule has 0 atom stereocenters. The van der Waals surface area contributed by atoms with Crippen LogP contribution in [0.4, 0.5) is 11.4 Å². The molecule has 0 bridgehead atoms. The molecule has 1 saturated heterocycles. The fraction of sp³-hybridized carbons (Fsp3) is 0.250. The summed E-state index contributed by atoms with van der Waals surface area (Å²) in [6.07, 6.45) is 0.0858. The number of carbonyl (C=O) groups is 1. The van der Waals surface area contributed by atoms with Crippen molar-refractivity contribution in [3.8, 4) is 0 Å². The van der Waals surface area contributed by atoms with Crippen LogP contribution in [0.5, 0.6) is 0 Å². The van der Waals surface area contributed by atoms with E-state index in [1.54, 1.807) is 18.2 Å². The highest BCUT2D eigenvalue weighted by Gasteiger charge is 2.13. The first kappa shape index (κ1) is 17.2. The Labute approximate surface area is 156 Å². The summed E-state index contributed by atoms with van der Waals surface area (Å²) in [5, 5.41) is 10.6. The van der Waals surface area contributed by atoms with E-state index in [9.17, 15) is 9.59 Å². The van der Waals surface area contributed by atoms with Crippen LogP contribution < -0.4 is 15.8 Å². The molecule has 0 spiro atoms. The molecule has 7 nitrogen and oxygen atoms in total. The molecule has 1 aliphatic rings. The molecular weight excluding hydrogens is 344 g/mol. The summed E-state index contributed by atoms with van der Waals surface area (Å²) < 4.78 is 5.37. The third kappa shape index (κ3) is 3.83. The maximum absolute atomic E-state index is 12.4. The average Bonchev–Trinajstić information content (AvgIpc) is 2.71. The minimum Gasteiger partial charge on any atom is -0.378 e. The quantitative estimate of drug-likeness (QED) is 0.739. The molecule has 27 heavy (non-hydrogen) atoms. The molecule has 2 N–H and O–H groups in total. The summed E-state index contributed by atoms with van der Waals surface area (Å²) in [6.45, 7) is 3.21. The van der Waals surface area contributed by atoms with E-state index >= 15 is 0 Å². The predicted molar refractivity (Wildman–Crippen MR) is 104 cm³/mol. The molecular formula is C20H20N4O3. The number of H-pyrrole nitrogens is 1. The predicted octanol–water partition coefficient (Wildman–Crippen LogP) is 1.94. The SMILES string of the molecule is O=C(Cc1n[nH]c(=O)c2ccccc12)Nc1ccc(N2CCOCC2)cc1. The number of morpholine rings is 1. The number of nitrogens with one attached hydrogen (secondary N) is 2. The van der Waals surface area contributed by atoms with Crippen LogP contribution in [-0.4, -0.2) is 42.4 Å².